The molecule has 0 aliphatic carbocycles. The lowest BCUT2D eigenvalue weighted by atomic mass is 10.1. The van der Waals surface area contributed by atoms with Gasteiger partial charge in [-0.05, 0) is 48.7 Å². The molecule has 0 unspecified atom stereocenters. The van der Waals surface area contributed by atoms with Gasteiger partial charge in [0.25, 0.3) is 0 Å². The Morgan fingerprint density at radius 3 is 2.21 bits per heavy atom. The molecule has 0 bridgehead atoms. The van der Waals surface area contributed by atoms with Crippen molar-refractivity contribution in [1.82, 2.24) is 9.80 Å². The maximum atomic E-state index is 13.4. The van der Waals surface area contributed by atoms with Crippen molar-refractivity contribution >= 4 is 23.2 Å². The van der Waals surface area contributed by atoms with E-state index in [4.69, 9.17) is 0 Å². The molecule has 0 atom stereocenters. The highest BCUT2D eigenvalue weighted by atomic mass is 32.1. The summed E-state index contributed by atoms with van der Waals surface area (Å²) in [5.41, 5.74) is 1.79. The van der Waals surface area contributed by atoms with Gasteiger partial charge >= 0.3 is 0 Å². The molecular weight excluding hydrogens is 435 g/mol. The maximum absolute atomic E-state index is 13.4. The zero-order chi connectivity index (χ0) is 23.6. The van der Waals surface area contributed by atoms with E-state index in [1.807, 2.05) is 49.4 Å². The van der Waals surface area contributed by atoms with Gasteiger partial charge in [0.2, 0.25) is 11.8 Å². The van der Waals surface area contributed by atoms with Crippen molar-refractivity contribution in [3.05, 3.63) is 93.4 Å². The summed E-state index contributed by atoms with van der Waals surface area (Å²) in [5, 5.41) is 0. The number of nitrogens with zero attached hydrogens (tertiary/aromatic N) is 2. The summed E-state index contributed by atoms with van der Waals surface area (Å²) in [6.45, 7) is 5.53. The van der Waals surface area contributed by atoms with Crippen molar-refractivity contribution in [2.45, 2.75) is 46.2 Å². The normalized spacial score (nSPS) is 10.8. The molecule has 0 fully saturated rings. The van der Waals surface area contributed by atoms with E-state index in [1.165, 1.54) is 17.0 Å². The molecule has 0 saturated carbocycles. The second-order valence-electron chi connectivity index (χ2n) is 8.22. The minimum Gasteiger partial charge on any atom is -0.333 e. The summed E-state index contributed by atoms with van der Waals surface area (Å²) >= 11 is 1.65. The first-order chi connectivity index (χ1) is 15.9. The molecule has 33 heavy (non-hydrogen) atoms. The van der Waals surface area contributed by atoms with E-state index < -0.39 is 0 Å². The van der Waals surface area contributed by atoms with Crippen molar-refractivity contribution in [2.24, 2.45) is 0 Å². The Morgan fingerprint density at radius 1 is 0.848 bits per heavy atom. The van der Waals surface area contributed by atoms with Crippen LogP contribution in [0.5, 0.6) is 0 Å². The monoisotopic (exact) mass is 466 g/mol. The SMILES string of the molecule is CCCCN(CC(=O)N(Cc1ccc(F)cc1)Cc1ccc(C)s1)C(=O)Cc1ccccc1. The van der Waals surface area contributed by atoms with Crippen LogP contribution in [-0.2, 0) is 29.1 Å². The summed E-state index contributed by atoms with van der Waals surface area (Å²) in [6, 6.07) is 19.9. The van der Waals surface area contributed by atoms with E-state index in [9.17, 15) is 14.0 Å². The molecule has 0 spiro atoms. The number of hydrogen-bond acceptors (Lipinski definition) is 3. The molecule has 2 amide bonds. The molecule has 6 heteroatoms. The average Bonchev–Trinajstić information content (AvgIpc) is 3.22. The maximum Gasteiger partial charge on any atom is 0.242 e. The zero-order valence-corrected chi connectivity index (χ0v) is 20.1. The number of aryl methyl sites for hydroxylation is 1. The summed E-state index contributed by atoms with van der Waals surface area (Å²) in [4.78, 5) is 32.2. The number of benzene rings is 2. The Labute approximate surface area is 199 Å². The lowest BCUT2D eigenvalue weighted by Gasteiger charge is -2.28. The molecule has 0 aliphatic heterocycles. The quantitative estimate of drug-likeness (QED) is 0.369. The van der Waals surface area contributed by atoms with Gasteiger partial charge in [0.15, 0.2) is 0 Å². The summed E-state index contributed by atoms with van der Waals surface area (Å²) in [7, 11) is 0. The van der Waals surface area contributed by atoms with Gasteiger partial charge in [-0.1, -0.05) is 55.8 Å². The lowest BCUT2D eigenvalue weighted by molar-refractivity contribution is -0.141. The number of amides is 2. The molecule has 0 aliphatic rings. The highest BCUT2D eigenvalue weighted by Crippen LogP contribution is 2.19. The number of halogens is 1. The van der Waals surface area contributed by atoms with Crippen LogP contribution in [0.1, 0.15) is 40.6 Å². The van der Waals surface area contributed by atoms with Crippen LogP contribution in [0.15, 0.2) is 66.7 Å². The number of rotatable bonds is 11. The average molecular weight is 467 g/mol. The third kappa shape index (κ3) is 7.82. The first kappa shape index (κ1) is 24.6. The first-order valence-electron chi connectivity index (χ1n) is 11.3. The van der Waals surface area contributed by atoms with Crippen LogP contribution in [0.3, 0.4) is 0 Å². The fraction of sp³-hybridized carbons (Fsp3) is 0.333. The molecule has 174 valence electrons. The van der Waals surface area contributed by atoms with E-state index in [-0.39, 0.29) is 30.6 Å². The molecule has 4 nitrogen and oxygen atoms in total. The van der Waals surface area contributed by atoms with Gasteiger partial charge in [-0.2, -0.15) is 0 Å². The highest BCUT2D eigenvalue weighted by molar-refractivity contribution is 7.11. The molecule has 0 N–H and O–H groups in total. The number of hydrogen-bond donors (Lipinski definition) is 0. The van der Waals surface area contributed by atoms with Gasteiger partial charge in [0.1, 0.15) is 5.82 Å². The second-order valence-corrected chi connectivity index (χ2v) is 9.59. The number of carbonyl (C=O) groups is 2. The highest BCUT2D eigenvalue weighted by Gasteiger charge is 2.22. The fourth-order valence-corrected chi connectivity index (χ4v) is 4.49. The van der Waals surface area contributed by atoms with Crippen molar-refractivity contribution in [1.29, 1.82) is 0 Å². The summed E-state index contributed by atoms with van der Waals surface area (Å²) < 4.78 is 13.4. The van der Waals surface area contributed by atoms with Gasteiger partial charge in [-0.25, -0.2) is 4.39 Å². The lowest BCUT2D eigenvalue weighted by Crippen LogP contribution is -2.43. The van der Waals surface area contributed by atoms with Crippen LogP contribution in [0, 0.1) is 12.7 Å². The number of carbonyl (C=O) groups excluding carboxylic acids is 2. The van der Waals surface area contributed by atoms with Crippen molar-refractivity contribution in [2.75, 3.05) is 13.1 Å². The van der Waals surface area contributed by atoms with Gasteiger partial charge in [-0.15, -0.1) is 11.3 Å². The largest absolute Gasteiger partial charge is 0.333 e. The van der Waals surface area contributed by atoms with Crippen LogP contribution < -0.4 is 0 Å². The van der Waals surface area contributed by atoms with Crippen LogP contribution in [0.4, 0.5) is 4.39 Å². The van der Waals surface area contributed by atoms with Gasteiger partial charge < -0.3 is 9.80 Å². The van der Waals surface area contributed by atoms with E-state index in [0.717, 1.165) is 28.8 Å². The predicted molar refractivity (Wildman–Crippen MR) is 131 cm³/mol. The van der Waals surface area contributed by atoms with E-state index in [1.54, 1.807) is 33.3 Å². The number of thiophene rings is 1. The summed E-state index contributed by atoms with van der Waals surface area (Å²) in [5.74, 6) is -0.456. The van der Waals surface area contributed by atoms with Crippen LogP contribution in [-0.4, -0.2) is 34.7 Å². The zero-order valence-electron chi connectivity index (χ0n) is 19.3. The van der Waals surface area contributed by atoms with E-state index in [2.05, 4.69) is 6.92 Å². The van der Waals surface area contributed by atoms with Crippen LogP contribution >= 0.6 is 11.3 Å². The minimum atomic E-state index is -0.303. The fourth-order valence-electron chi connectivity index (χ4n) is 3.59. The molecular formula is C27H31FN2O2S. The smallest absolute Gasteiger partial charge is 0.242 e. The van der Waals surface area contributed by atoms with Gasteiger partial charge in [-0.3, -0.25) is 9.59 Å². The Morgan fingerprint density at radius 2 is 1.58 bits per heavy atom. The van der Waals surface area contributed by atoms with Gasteiger partial charge in [0, 0.05) is 22.8 Å². The Hall–Kier alpha value is -2.99. The minimum absolute atomic E-state index is 0.0389. The molecule has 3 aromatic rings. The van der Waals surface area contributed by atoms with Crippen LogP contribution in [0.25, 0.3) is 0 Å². The van der Waals surface area contributed by atoms with Crippen molar-refractivity contribution in [3.63, 3.8) is 0 Å². The molecule has 1 heterocycles. The van der Waals surface area contributed by atoms with Crippen molar-refractivity contribution in [3.8, 4) is 0 Å². The van der Waals surface area contributed by atoms with E-state index >= 15 is 0 Å². The van der Waals surface area contributed by atoms with Gasteiger partial charge in [0.05, 0.1) is 19.5 Å². The molecule has 2 aromatic carbocycles. The Bertz CT molecular complexity index is 1030. The molecule has 3 rings (SSSR count). The first-order valence-corrected chi connectivity index (χ1v) is 12.2. The number of unbranched alkanes of at least 4 members (excludes halogenated alkanes) is 1. The molecule has 0 radical (unpaired) electrons. The Balaban J connectivity index is 1.75. The topological polar surface area (TPSA) is 40.6 Å². The predicted octanol–water partition coefficient (Wildman–Crippen LogP) is 5.60. The van der Waals surface area contributed by atoms with E-state index in [0.29, 0.717) is 19.6 Å². The second kappa shape index (κ2) is 12.3. The van der Waals surface area contributed by atoms with Crippen LogP contribution in [0.2, 0.25) is 0 Å². The Kier molecular flexibility index (Phi) is 9.19. The summed E-state index contributed by atoms with van der Waals surface area (Å²) in [6.07, 6.45) is 2.06. The molecule has 0 saturated heterocycles. The molecule has 1 aromatic heterocycles. The van der Waals surface area contributed by atoms with Crippen molar-refractivity contribution < 1.29 is 14.0 Å². The standard InChI is InChI=1S/C27H31FN2O2S/c1-3-4-16-29(26(31)17-22-8-6-5-7-9-22)20-27(32)30(19-25-15-10-21(2)33-25)18-23-11-13-24(28)14-12-23/h5-15H,3-4,16-20H2,1-2H3. The third-order valence-electron chi connectivity index (χ3n) is 5.44. The third-order valence-corrected chi connectivity index (χ3v) is 6.43.